The summed E-state index contributed by atoms with van der Waals surface area (Å²) in [6.45, 7) is 5.75. The van der Waals surface area contributed by atoms with E-state index in [9.17, 15) is 14.3 Å². The summed E-state index contributed by atoms with van der Waals surface area (Å²) in [5.74, 6) is -0.213. The number of hydrogen-bond acceptors (Lipinski definition) is 4. The molecule has 31 heavy (non-hydrogen) atoms. The van der Waals surface area contributed by atoms with Gasteiger partial charge in [0.05, 0.1) is 23.4 Å². The fourth-order valence-electron chi connectivity index (χ4n) is 5.67. The van der Waals surface area contributed by atoms with Crippen molar-refractivity contribution in [1.82, 2.24) is 19.2 Å². The summed E-state index contributed by atoms with van der Waals surface area (Å²) in [5.41, 5.74) is 1.81. The van der Waals surface area contributed by atoms with Crippen LogP contribution in [0.3, 0.4) is 0 Å². The Morgan fingerprint density at radius 1 is 1.19 bits per heavy atom. The third-order valence-corrected chi connectivity index (χ3v) is 7.07. The standard InChI is InChI=1S/C24H29FN4O2/c1-3-27-13-17(21-8-5-18(25)10-22(21)27)14-28-19-6-7-20(28)12-24(31,11-19)15-29-23(30)9-4-16(2)26-29/h4-5,8-10,13,19-20,31H,3,6-7,11-12,14-15H2,1-2H3. The Morgan fingerprint density at radius 3 is 2.65 bits per heavy atom. The van der Waals surface area contributed by atoms with Crippen LogP contribution >= 0.6 is 0 Å². The van der Waals surface area contributed by atoms with E-state index in [0.717, 1.165) is 42.5 Å². The zero-order valence-electron chi connectivity index (χ0n) is 18.1. The number of fused-ring (bicyclic) bond motifs is 3. The summed E-state index contributed by atoms with van der Waals surface area (Å²) in [6, 6.07) is 8.77. The van der Waals surface area contributed by atoms with Gasteiger partial charge in [-0.3, -0.25) is 9.69 Å². The molecule has 5 rings (SSSR count). The Morgan fingerprint density at radius 2 is 1.94 bits per heavy atom. The predicted octanol–water partition coefficient (Wildman–Crippen LogP) is 3.22. The molecule has 2 aliphatic heterocycles. The van der Waals surface area contributed by atoms with E-state index in [1.165, 1.54) is 22.4 Å². The normalized spacial score (nSPS) is 26.1. The third kappa shape index (κ3) is 3.70. The number of aromatic nitrogens is 3. The van der Waals surface area contributed by atoms with Crippen molar-refractivity contribution in [3.63, 3.8) is 0 Å². The minimum atomic E-state index is -0.923. The van der Waals surface area contributed by atoms with Crippen LogP contribution in [0, 0.1) is 12.7 Å². The highest BCUT2D eigenvalue weighted by Gasteiger charge is 2.47. The number of aliphatic hydroxyl groups is 1. The molecule has 2 bridgehead atoms. The molecule has 0 amide bonds. The van der Waals surface area contributed by atoms with Crippen LogP contribution in [0.4, 0.5) is 4.39 Å². The van der Waals surface area contributed by atoms with Crippen LogP contribution in [0.25, 0.3) is 10.9 Å². The van der Waals surface area contributed by atoms with Gasteiger partial charge in [-0.2, -0.15) is 5.10 Å². The quantitative estimate of drug-likeness (QED) is 0.683. The molecule has 2 saturated heterocycles. The van der Waals surface area contributed by atoms with Crippen LogP contribution in [0.5, 0.6) is 0 Å². The molecule has 2 fully saturated rings. The first-order chi connectivity index (χ1) is 14.8. The molecule has 4 heterocycles. The highest BCUT2D eigenvalue weighted by atomic mass is 19.1. The first kappa shape index (κ1) is 20.4. The van der Waals surface area contributed by atoms with E-state index in [1.807, 2.05) is 13.0 Å². The van der Waals surface area contributed by atoms with E-state index < -0.39 is 5.60 Å². The summed E-state index contributed by atoms with van der Waals surface area (Å²) >= 11 is 0. The maximum atomic E-state index is 13.8. The molecule has 3 aromatic rings. The molecule has 2 unspecified atom stereocenters. The molecule has 1 aromatic carbocycles. The second kappa shape index (κ2) is 7.57. The molecule has 0 spiro atoms. The van der Waals surface area contributed by atoms with Gasteiger partial charge in [-0.1, -0.05) is 0 Å². The fraction of sp³-hybridized carbons (Fsp3) is 0.500. The fourth-order valence-corrected chi connectivity index (χ4v) is 5.67. The van der Waals surface area contributed by atoms with Crippen LogP contribution in [0.1, 0.15) is 43.9 Å². The van der Waals surface area contributed by atoms with E-state index in [1.54, 1.807) is 12.1 Å². The van der Waals surface area contributed by atoms with Gasteiger partial charge < -0.3 is 9.67 Å². The lowest BCUT2D eigenvalue weighted by Gasteiger charge is -2.43. The predicted molar refractivity (Wildman–Crippen MR) is 117 cm³/mol. The first-order valence-corrected chi connectivity index (χ1v) is 11.2. The van der Waals surface area contributed by atoms with Gasteiger partial charge in [0, 0.05) is 42.8 Å². The number of nitrogens with zero attached hydrogens (tertiary/aromatic N) is 4. The Hall–Kier alpha value is -2.51. The molecule has 2 aliphatic rings. The number of aryl methyl sites for hydroxylation is 2. The van der Waals surface area contributed by atoms with E-state index in [4.69, 9.17) is 0 Å². The van der Waals surface area contributed by atoms with Gasteiger partial charge in [0.2, 0.25) is 0 Å². The van der Waals surface area contributed by atoms with Gasteiger partial charge in [0.25, 0.3) is 5.56 Å². The number of rotatable bonds is 5. The van der Waals surface area contributed by atoms with Crippen molar-refractivity contribution < 1.29 is 9.50 Å². The van der Waals surface area contributed by atoms with Gasteiger partial charge in [0.15, 0.2) is 0 Å². The Balaban J connectivity index is 1.38. The van der Waals surface area contributed by atoms with Crippen molar-refractivity contribution in [3.8, 4) is 0 Å². The minimum absolute atomic E-state index is 0.173. The summed E-state index contributed by atoms with van der Waals surface area (Å²) in [7, 11) is 0. The zero-order chi connectivity index (χ0) is 21.8. The SMILES string of the molecule is CCn1cc(CN2C3CCC2CC(O)(Cn2nc(C)ccc2=O)C3)c2ccc(F)cc21. The zero-order valence-corrected chi connectivity index (χ0v) is 18.1. The topological polar surface area (TPSA) is 63.3 Å². The molecule has 164 valence electrons. The third-order valence-electron chi connectivity index (χ3n) is 7.07. The summed E-state index contributed by atoms with van der Waals surface area (Å²) < 4.78 is 17.3. The lowest BCUT2D eigenvalue weighted by Crippen LogP contribution is -2.53. The highest BCUT2D eigenvalue weighted by molar-refractivity contribution is 5.84. The molecule has 0 radical (unpaired) electrons. The molecule has 2 aromatic heterocycles. The lowest BCUT2D eigenvalue weighted by atomic mass is 9.85. The molecule has 6 nitrogen and oxygen atoms in total. The van der Waals surface area contributed by atoms with E-state index >= 15 is 0 Å². The molecular weight excluding hydrogens is 395 g/mol. The lowest BCUT2D eigenvalue weighted by molar-refractivity contribution is -0.0677. The van der Waals surface area contributed by atoms with Crippen molar-refractivity contribution in [1.29, 1.82) is 0 Å². The second-order valence-electron chi connectivity index (χ2n) is 9.26. The molecule has 2 atom stereocenters. The monoisotopic (exact) mass is 424 g/mol. The molecule has 7 heteroatoms. The van der Waals surface area contributed by atoms with Crippen LogP contribution in [-0.4, -0.2) is 42.0 Å². The Labute approximate surface area is 180 Å². The second-order valence-corrected chi connectivity index (χ2v) is 9.26. The number of hydrogen-bond donors (Lipinski definition) is 1. The van der Waals surface area contributed by atoms with Crippen molar-refractivity contribution in [3.05, 3.63) is 64.0 Å². The van der Waals surface area contributed by atoms with Crippen LogP contribution in [0.2, 0.25) is 0 Å². The number of piperidine rings is 1. The first-order valence-electron chi connectivity index (χ1n) is 11.2. The Bertz CT molecular complexity index is 1170. The van der Waals surface area contributed by atoms with Crippen molar-refractivity contribution in [2.45, 2.75) is 76.8 Å². The maximum absolute atomic E-state index is 13.8. The van der Waals surface area contributed by atoms with Crippen LogP contribution in [-0.2, 0) is 19.6 Å². The van der Waals surface area contributed by atoms with Gasteiger partial charge >= 0.3 is 0 Å². The summed E-state index contributed by atoms with van der Waals surface area (Å²) in [4.78, 5) is 14.7. The smallest absolute Gasteiger partial charge is 0.266 e. The number of benzene rings is 1. The van der Waals surface area contributed by atoms with E-state index in [2.05, 4.69) is 27.7 Å². The molecule has 0 saturated carbocycles. The van der Waals surface area contributed by atoms with Crippen LogP contribution in [0.15, 0.2) is 41.3 Å². The summed E-state index contributed by atoms with van der Waals surface area (Å²) in [6.07, 6.45) is 5.49. The number of halogens is 1. The van der Waals surface area contributed by atoms with Crippen molar-refractivity contribution in [2.24, 2.45) is 0 Å². The average Bonchev–Trinajstić information content (AvgIpc) is 3.19. The van der Waals surface area contributed by atoms with Crippen molar-refractivity contribution >= 4 is 10.9 Å². The van der Waals surface area contributed by atoms with Gasteiger partial charge in [-0.25, -0.2) is 9.07 Å². The maximum Gasteiger partial charge on any atom is 0.266 e. The Kier molecular flexibility index (Phi) is 4.98. The van der Waals surface area contributed by atoms with Crippen LogP contribution < -0.4 is 5.56 Å². The largest absolute Gasteiger partial charge is 0.388 e. The molecule has 1 N–H and O–H groups in total. The van der Waals surface area contributed by atoms with Gasteiger partial charge in [-0.05, 0) is 69.4 Å². The minimum Gasteiger partial charge on any atom is -0.388 e. The van der Waals surface area contributed by atoms with Gasteiger partial charge in [0.1, 0.15) is 5.82 Å². The van der Waals surface area contributed by atoms with E-state index in [0.29, 0.717) is 12.8 Å². The summed E-state index contributed by atoms with van der Waals surface area (Å²) in [5, 5.41) is 16.8. The van der Waals surface area contributed by atoms with Crippen molar-refractivity contribution in [2.75, 3.05) is 0 Å². The average molecular weight is 425 g/mol. The molecule has 0 aliphatic carbocycles. The highest BCUT2D eigenvalue weighted by Crippen LogP contribution is 2.42. The van der Waals surface area contributed by atoms with E-state index in [-0.39, 0.29) is 30.0 Å². The van der Waals surface area contributed by atoms with Gasteiger partial charge in [-0.15, -0.1) is 0 Å². The molecular formula is C24H29FN4O2.